The number of carbonyl (C=O) groups is 1. The van der Waals surface area contributed by atoms with Gasteiger partial charge in [-0.15, -0.1) is 0 Å². The lowest BCUT2D eigenvalue weighted by atomic mass is 10.4. The summed E-state index contributed by atoms with van der Waals surface area (Å²) < 4.78 is 0.323. The monoisotopic (exact) mass is 254 g/mol. The Bertz CT molecular complexity index is 305. The number of carbonyl (C=O) groups excluding carboxylic acids is 1. The fourth-order valence-corrected chi connectivity index (χ4v) is 1.26. The Morgan fingerprint density at radius 3 is 2.73 bits per heavy atom. The van der Waals surface area contributed by atoms with E-state index in [1.54, 1.807) is 0 Å². The summed E-state index contributed by atoms with van der Waals surface area (Å²) in [6, 6.07) is 0. The summed E-state index contributed by atoms with van der Waals surface area (Å²) in [6.45, 7) is 0. The minimum Gasteiger partial charge on any atom is -0.275 e. The van der Waals surface area contributed by atoms with Gasteiger partial charge in [0.2, 0.25) is 0 Å². The summed E-state index contributed by atoms with van der Waals surface area (Å²) in [6.07, 6.45) is 1.26. The fourth-order valence-electron chi connectivity index (χ4n) is 0.473. The lowest BCUT2D eigenvalue weighted by molar-refractivity contribution is 0.108. The SMILES string of the molecule is O=C(Cl)c1cnc(Br)nc1Cl. The summed E-state index contributed by atoms with van der Waals surface area (Å²) in [5.41, 5.74) is 0.108. The summed E-state index contributed by atoms with van der Waals surface area (Å²) in [4.78, 5) is 17.9. The van der Waals surface area contributed by atoms with Gasteiger partial charge in [0.1, 0.15) is 5.15 Å². The van der Waals surface area contributed by atoms with E-state index >= 15 is 0 Å². The first-order valence-electron chi connectivity index (χ1n) is 2.49. The average molecular weight is 256 g/mol. The van der Waals surface area contributed by atoms with Crippen molar-refractivity contribution in [3.8, 4) is 0 Å². The van der Waals surface area contributed by atoms with E-state index in [9.17, 15) is 4.79 Å². The highest BCUT2D eigenvalue weighted by atomic mass is 79.9. The highest BCUT2D eigenvalue weighted by Crippen LogP contribution is 2.15. The van der Waals surface area contributed by atoms with Crippen LogP contribution in [-0.2, 0) is 0 Å². The van der Waals surface area contributed by atoms with E-state index in [1.807, 2.05) is 0 Å². The predicted molar refractivity (Wildman–Crippen MR) is 44.9 cm³/mol. The number of nitrogens with zero attached hydrogens (tertiary/aromatic N) is 2. The molecule has 0 saturated heterocycles. The zero-order chi connectivity index (χ0) is 8.43. The van der Waals surface area contributed by atoms with Gasteiger partial charge < -0.3 is 0 Å². The average Bonchev–Trinajstić information content (AvgIpc) is 1.85. The molecule has 1 rings (SSSR count). The molecule has 1 aromatic rings. The maximum absolute atomic E-state index is 10.6. The quantitative estimate of drug-likeness (QED) is 0.439. The first-order chi connectivity index (χ1) is 5.11. The zero-order valence-corrected chi connectivity index (χ0v) is 8.11. The van der Waals surface area contributed by atoms with Crippen LogP contribution in [-0.4, -0.2) is 15.2 Å². The lowest BCUT2D eigenvalue weighted by Crippen LogP contribution is -1.95. The number of aromatic nitrogens is 2. The van der Waals surface area contributed by atoms with Gasteiger partial charge in [-0.2, -0.15) is 0 Å². The molecule has 0 fully saturated rings. The molecule has 6 heteroatoms. The standard InChI is InChI=1S/C5HBrCl2N2O/c6-5-9-1-2(4(8)11)3(7)10-5/h1H. The number of rotatable bonds is 1. The molecule has 0 aliphatic carbocycles. The van der Waals surface area contributed by atoms with Gasteiger partial charge in [0.05, 0.1) is 5.56 Å². The molecule has 0 radical (unpaired) electrons. The molecule has 0 spiro atoms. The van der Waals surface area contributed by atoms with Crippen molar-refractivity contribution in [1.29, 1.82) is 0 Å². The molecule has 1 aromatic heterocycles. The largest absolute Gasteiger partial charge is 0.275 e. The Morgan fingerprint density at radius 1 is 1.64 bits per heavy atom. The van der Waals surface area contributed by atoms with Crippen LogP contribution in [0.25, 0.3) is 0 Å². The van der Waals surface area contributed by atoms with Crippen LogP contribution in [0, 0.1) is 0 Å². The maximum Gasteiger partial charge on any atom is 0.257 e. The van der Waals surface area contributed by atoms with Crippen molar-refractivity contribution in [3.63, 3.8) is 0 Å². The normalized spacial score (nSPS) is 9.73. The summed E-state index contributed by atoms with van der Waals surface area (Å²) in [5, 5.41) is -0.616. The Balaban J connectivity index is 3.20. The van der Waals surface area contributed by atoms with Crippen molar-refractivity contribution in [1.82, 2.24) is 9.97 Å². The van der Waals surface area contributed by atoms with Gasteiger partial charge in [-0.1, -0.05) is 11.6 Å². The third-order valence-corrected chi connectivity index (χ3v) is 1.80. The van der Waals surface area contributed by atoms with E-state index < -0.39 is 5.24 Å². The molecule has 0 unspecified atom stereocenters. The molecule has 0 atom stereocenters. The van der Waals surface area contributed by atoms with Gasteiger partial charge in [-0.25, -0.2) is 9.97 Å². The Morgan fingerprint density at radius 2 is 2.27 bits per heavy atom. The second-order valence-corrected chi connectivity index (χ2v) is 3.03. The third kappa shape index (κ3) is 2.12. The summed E-state index contributed by atoms with van der Waals surface area (Å²) >= 11 is 13.7. The molecule has 0 bridgehead atoms. The number of hydrogen-bond donors (Lipinski definition) is 0. The highest BCUT2D eigenvalue weighted by molar-refractivity contribution is 9.10. The molecule has 0 aromatic carbocycles. The van der Waals surface area contributed by atoms with Gasteiger partial charge in [-0.05, 0) is 27.5 Å². The first-order valence-corrected chi connectivity index (χ1v) is 4.04. The van der Waals surface area contributed by atoms with Gasteiger partial charge in [0.15, 0.2) is 4.73 Å². The van der Waals surface area contributed by atoms with Gasteiger partial charge in [-0.3, -0.25) is 4.79 Å². The van der Waals surface area contributed by atoms with E-state index in [4.69, 9.17) is 23.2 Å². The van der Waals surface area contributed by atoms with Crippen molar-refractivity contribution in [2.45, 2.75) is 0 Å². The van der Waals surface area contributed by atoms with Crippen molar-refractivity contribution < 1.29 is 4.79 Å². The minimum atomic E-state index is -0.664. The van der Waals surface area contributed by atoms with Crippen molar-refractivity contribution in [3.05, 3.63) is 21.6 Å². The fraction of sp³-hybridized carbons (Fsp3) is 0. The summed E-state index contributed by atoms with van der Waals surface area (Å²) in [5.74, 6) is 0. The van der Waals surface area contributed by atoms with Crippen LogP contribution in [0.2, 0.25) is 5.15 Å². The van der Waals surface area contributed by atoms with Crippen LogP contribution >= 0.6 is 39.1 Å². The number of hydrogen-bond acceptors (Lipinski definition) is 3. The molecule has 1 heterocycles. The van der Waals surface area contributed by atoms with Crippen molar-refractivity contribution >= 4 is 44.4 Å². The van der Waals surface area contributed by atoms with Gasteiger partial charge in [0, 0.05) is 6.20 Å². The predicted octanol–water partition coefficient (Wildman–Crippen LogP) is 2.27. The van der Waals surface area contributed by atoms with E-state index in [0.717, 1.165) is 0 Å². The van der Waals surface area contributed by atoms with Crippen LogP contribution in [0.5, 0.6) is 0 Å². The van der Waals surface area contributed by atoms with Crippen molar-refractivity contribution in [2.75, 3.05) is 0 Å². The van der Waals surface area contributed by atoms with Gasteiger partial charge >= 0.3 is 0 Å². The van der Waals surface area contributed by atoms with E-state index in [1.165, 1.54) is 6.20 Å². The molecule has 3 nitrogen and oxygen atoms in total. The van der Waals surface area contributed by atoms with Crippen LogP contribution in [0.3, 0.4) is 0 Å². The van der Waals surface area contributed by atoms with Crippen LogP contribution < -0.4 is 0 Å². The van der Waals surface area contributed by atoms with Crippen LogP contribution in [0.4, 0.5) is 0 Å². The lowest BCUT2D eigenvalue weighted by Gasteiger charge is -1.95. The van der Waals surface area contributed by atoms with E-state index in [2.05, 4.69) is 25.9 Å². The Labute approximate surface area is 80.9 Å². The van der Waals surface area contributed by atoms with Gasteiger partial charge in [0.25, 0.3) is 5.24 Å². The zero-order valence-electron chi connectivity index (χ0n) is 5.01. The van der Waals surface area contributed by atoms with E-state index in [0.29, 0.717) is 4.73 Å². The minimum absolute atomic E-state index is 0.0480. The molecular weight excluding hydrogens is 255 g/mol. The second kappa shape index (κ2) is 3.47. The first kappa shape index (κ1) is 8.90. The molecule has 0 aliphatic rings. The molecule has 0 N–H and O–H groups in total. The molecule has 11 heavy (non-hydrogen) atoms. The second-order valence-electron chi connectivity index (χ2n) is 1.62. The number of halogens is 3. The molecule has 0 amide bonds. The molecular formula is C5HBrCl2N2O. The summed E-state index contributed by atoms with van der Waals surface area (Å²) in [7, 11) is 0. The third-order valence-electron chi connectivity index (χ3n) is 0.925. The van der Waals surface area contributed by atoms with Crippen molar-refractivity contribution in [2.24, 2.45) is 0 Å². The molecule has 58 valence electrons. The van der Waals surface area contributed by atoms with Crippen LogP contribution in [0.1, 0.15) is 10.4 Å². The maximum atomic E-state index is 10.6. The Kier molecular flexibility index (Phi) is 2.81. The van der Waals surface area contributed by atoms with Crippen LogP contribution in [0.15, 0.2) is 10.9 Å². The smallest absolute Gasteiger partial charge is 0.257 e. The molecule has 0 aliphatic heterocycles. The highest BCUT2D eigenvalue weighted by Gasteiger charge is 2.09. The molecule has 0 saturated carbocycles. The van der Waals surface area contributed by atoms with E-state index in [-0.39, 0.29) is 10.7 Å². The Hall–Kier alpha value is -0.190. The topological polar surface area (TPSA) is 42.9 Å².